The Kier molecular flexibility index (Phi) is 4.03. The molecule has 0 aliphatic rings. The highest BCUT2D eigenvalue weighted by Gasteiger charge is 2.15. The van der Waals surface area contributed by atoms with Crippen molar-refractivity contribution in [2.45, 2.75) is 33.0 Å². The largest absolute Gasteiger partial charge is 0.371 e. The summed E-state index contributed by atoms with van der Waals surface area (Å²) in [4.78, 5) is 10.3. The van der Waals surface area contributed by atoms with Gasteiger partial charge < -0.3 is 10.2 Å². The number of hydrogen-bond acceptors (Lipinski definition) is 5. The summed E-state index contributed by atoms with van der Waals surface area (Å²) in [6.07, 6.45) is 0. The van der Waals surface area contributed by atoms with Gasteiger partial charge in [0.25, 0.3) is 5.69 Å². The van der Waals surface area contributed by atoms with Crippen LogP contribution in [-0.4, -0.2) is 10.5 Å². The normalized spacial score (nSPS) is 11.3. The molecule has 6 heteroatoms. The molecule has 0 heterocycles. The van der Waals surface area contributed by atoms with Crippen LogP contribution in [0.2, 0.25) is 0 Å². The van der Waals surface area contributed by atoms with E-state index in [9.17, 15) is 10.1 Å². The van der Waals surface area contributed by atoms with E-state index in [1.54, 1.807) is 12.1 Å². The zero-order chi connectivity index (χ0) is 13.1. The molecule has 0 saturated carbocycles. The fourth-order valence-corrected chi connectivity index (χ4v) is 1.24. The molecule has 3 N–H and O–H groups in total. The van der Waals surface area contributed by atoms with Crippen LogP contribution in [0.1, 0.15) is 26.3 Å². The SMILES string of the molecule is CC(C)(C)OCc1ccc(NN)c([N+](=O)[O-])c1. The highest BCUT2D eigenvalue weighted by atomic mass is 16.6. The third-order valence-electron chi connectivity index (χ3n) is 2.09. The van der Waals surface area contributed by atoms with E-state index in [-0.39, 0.29) is 17.0 Å². The Hall–Kier alpha value is -1.66. The van der Waals surface area contributed by atoms with Crippen LogP contribution in [0, 0.1) is 10.1 Å². The van der Waals surface area contributed by atoms with Gasteiger partial charge in [-0.05, 0) is 32.4 Å². The maximum Gasteiger partial charge on any atom is 0.294 e. The lowest BCUT2D eigenvalue weighted by molar-refractivity contribution is -0.384. The molecule has 0 aliphatic carbocycles. The Morgan fingerprint density at radius 2 is 2.12 bits per heavy atom. The monoisotopic (exact) mass is 239 g/mol. The second kappa shape index (κ2) is 5.11. The van der Waals surface area contributed by atoms with Crippen LogP contribution >= 0.6 is 0 Å². The number of nitrogens with zero attached hydrogens (tertiary/aromatic N) is 1. The number of nitrogens with one attached hydrogen (secondary N) is 1. The molecule has 17 heavy (non-hydrogen) atoms. The molecule has 0 amide bonds. The molecule has 0 atom stereocenters. The summed E-state index contributed by atoms with van der Waals surface area (Å²) in [5.41, 5.74) is 2.99. The van der Waals surface area contributed by atoms with Crippen LogP contribution in [0.5, 0.6) is 0 Å². The van der Waals surface area contributed by atoms with Crippen molar-refractivity contribution in [2.24, 2.45) is 5.84 Å². The van der Waals surface area contributed by atoms with Gasteiger partial charge in [0.1, 0.15) is 5.69 Å². The number of benzene rings is 1. The maximum absolute atomic E-state index is 10.8. The smallest absolute Gasteiger partial charge is 0.294 e. The first kappa shape index (κ1) is 13.4. The summed E-state index contributed by atoms with van der Waals surface area (Å²) in [7, 11) is 0. The lowest BCUT2D eigenvalue weighted by atomic mass is 10.1. The van der Waals surface area contributed by atoms with Crippen LogP contribution in [0.15, 0.2) is 18.2 Å². The van der Waals surface area contributed by atoms with Crippen molar-refractivity contribution in [1.29, 1.82) is 0 Å². The number of nitrogen functional groups attached to an aromatic ring is 1. The molecule has 1 aromatic rings. The fraction of sp³-hybridized carbons (Fsp3) is 0.455. The van der Waals surface area contributed by atoms with Crippen LogP contribution in [-0.2, 0) is 11.3 Å². The van der Waals surface area contributed by atoms with E-state index in [1.807, 2.05) is 20.8 Å². The van der Waals surface area contributed by atoms with E-state index < -0.39 is 4.92 Å². The van der Waals surface area contributed by atoms with E-state index in [4.69, 9.17) is 10.6 Å². The van der Waals surface area contributed by atoms with Gasteiger partial charge in [-0.15, -0.1) is 0 Å². The molecule has 94 valence electrons. The number of nitro benzene ring substituents is 1. The minimum atomic E-state index is -0.476. The molecule has 0 bridgehead atoms. The Morgan fingerprint density at radius 1 is 1.47 bits per heavy atom. The highest BCUT2D eigenvalue weighted by Crippen LogP contribution is 2.25. The number of hydrazine groups is 1. The molecule has 1 aromatic carbocycles. The molecule has 0 aromatic heterocycles. The van der Waals surface area contributed by atoms with Crippen LogP contribution in [0.3, 0.4) is 0 Å². The summed E-state index contributed by atoms with van der Waals surface area (Å²) in [6, 6.07) is 4.77. The quantitative estimate of drug-likeness (QED) is 0.477. The molecule has 0 spiro atoms. The van der Waals surface area contributed by atoms with Gasteiger partial charge in [-0.3, -0.25) is 16.0 Å². The average Bonchev–Trinajstić information content (AvgIpc) is 2.25. The van der Waals surface area contributed by atoms with E-state index in [1.165, 1.54) is 6.07 Å². The first-order valence-corrected chi connectivity index (χ1v) is 5.21. The number of hydrogen-bond donors (Lipinski definition) is 2. The number of ether oxygens (including phenoxy) is 1. The van der Waals surface area contributed by atoms with Gasteiger partial charge in [0, 0.05) is 6.07 Å². The van der Waals surface area contributed by atoms with Crippen LogP contribution < -0.4 is 11.3 Å². The number of nitrogens with two attached hydrogens (primary N) is 1. The molecule has 6 nitrogen and oxygen atoms in total. The highest BCUT2D eigenvalue weighted by molar-refractivity contribution is 5.61. The van der Waals surface area contributed by atoms with Gasteiger partial charge in [0.2, 0.25) is 0 Å². The van der Waals surface area contributed by atoms with Crippen molar-refractivity contribution in [3.63, 3.8) is 0 Å². The molecule has 0 aliphatic heterocycles. The first-order chi connectivity index (χ1) is 7.83. The molecule has 0 fully saturated rings. The van der Waals surface area contributed by atoms with E-state index in [0.29, 0.717) is 6.61 Å². The second-order valence-electron chi connectivity index (χ2n) is 4.65. The molecule has 0 radical (unpaired) electrons. The minimum absolute atomic E-state index is 0.0532. The predicted octanol–water partition coefficient (Wildman–Crippen LogP) is 2.20. The van der Waals surface area contributed by atoms with E-state index in [2.05, 4.69) is 5.43 Å². The topological polar surface area (TPSA) is 90.4 Å². The number of nitro groups is 1. The number of rotatable bonds is 4. The van der Waals surface area contributed by atoms with Gasteiger partial charge in [0.05, 0.1) is 17.1 Å². The van der Waals surface area contributed by atoms with Crippen molar-refractivity contribution in [1.82, 2.24) is 0 Å². The van der Waals surface area contributed by atoms with Crippen molar-refractivity contribution in [3.8, 4) is 0 Å². The van der Waals surface area contributed by atoms with Crippen molar-refractivity contribution in [3.05, 3.63) is 33.9 Å². The summed E-state index contributed by atoms with van der Waals surface area (Å²) < 4.78 is 5.55. The fourth-order valence-electron chi connectivity index (χ4n) is 1.24. The third-order valence-corrected chi connectivity index (χ3v) is 2.09. The number of anilines is 1. The molecule has 1 rings (SSSR count). The summed E-state index contributed by atoms with van der Waals surface area (Å²) in [5, 5.41) is 10.8. The Balaban J connectivity index is 2.89. The summed E-state index contributed by atoms with van der Waals surface area (Å²) in [6.45, 7) is 6.11. The second-order valence-corrected chi connectivity index (χ2v) is 4.65. The lowest BCUT2D eigenvalue weighted by Gasteiger charge is -2.19. The predicted molar refractivity (Wildman–Crippen MR) is 65.4 cm³/mol. The van der Waals surface area contributed by atoms with Crippen molar-refractivity contribution < 1.29 is 9.66 Å². The van der Waals surface area contributed by atoms with Crippen molar-refractivity contribution in [2.75, 3.05) is 5.43 Å². The third kappa shape index (κ3) is 4.01. The zero-order valence-corrected chi connectivity index (χ0v) is 10.2. The first-order valence-electron chi connectivity index (χ1n) is 5.21. The molecular weight excluding hydrogens is 222 g/mol. The Labute approximate surface area is 99.9 Å². The van der Waals surface area contributed by atoms with Crippen LogP contribution in [0.25, 0.3) is 0 Å². The molecule has 0 saturated heterocycles. The van der Waals surface area contributed by atoms with Crippen molar-refractivity contribution >= 4 is 11.4 Å². The van der Waals surface area contributed by atoms with Gasteiger partial charge in [-0.1, -0.05) is 6.07 Å². The van der Waals surface area contributed by atoms with E-state index >= 15 is 0 Å². The average molecular weight is 239 g/mol. The maximum atomic E-state index is 10.8. The van der Waals surface area contributed by atoms with E-state index in [0.717, 1.165) is 5.56 Å². The Bertz CT molecular complexity index is 413. The van der Waals surface area contributed by atoms with Gasteiger partial charge in [-0.25, -0.2) is 0 Å². The van der Waals surface area contributed by atoms with Crippen LogP contribution in [0.4, 0.5) is 11.4 Å². The zero-order valence-electron chi connectivity index (χ0n) is 10.2. The van der Waals surface area contributed by atoms with Gasteiger partial charge in [-0.2, -0.15) is 0 Å². The van der Waals surface area contributed by atoms with Gasteiger partial charge in [0.15, 0.2) is 0 Å². The Morgan fingerprint density at radius 3 is 2.59 bits per heavy atom. The summed E-state index contributed by atoms with van der Waals surface area (Å²) in [5.74, 6) is 5.20. The minimum Gasteiger partial charge on any atom is -0.371 e. The van der Waals surface area contributed by atoms with Gasteiger partial charge >= 0.3 is 0 Å². The standard InChI is InChI=1S/C11H17N3O3/c1-11(2,3)17-7-8-4-5-9(13-12)10(6-8)14(15)16/h4-6,13H,7,12H2,1-3H3. The lowest BCUT2D eigenvalue weighted by Crippen LogP contribution is -2.18. The molecular formula is C11H17N3O3. The summed E-state index contributed by atoms with van der Waals surface area (Å²) >= 11 is 0. The molecule has 0 unspecified atom stereocenters.